The summed E-state index contributed by atoms with van der Waals surface area (Å²) in [6.45, 7) is 3.37. The standard InChI is InChI=1S/C52H86O14/c1-3-5-7-9-11-13-15-16-17-18-19-20-21-22-23-24-25-26-28-30-32-34-36-61-38-41(64-44(54)35-33-31-29-27-14-12-10-8-6-4-2)39-62-51-50(60)48(58)46(56)43(66-51)40-63-52-49(59)47(57)45(55)42(37-53)65-52/h5,7-8,10-11,13,16-17,19-20,22-23,25-26,41-43,45-53,55-60H,3-4,6,9,12,14-15,18,21,24,27-40H2,1-2H3/b7-5-,10-8-,13-11-,17-16-,20-19-,23-22-,26-25-. The summed E-state index contributed by atoms with van der Waals surface area (Å²) in [5.74, 6) is -0.405. The van der Waals surface area contributed by atoms with Gasteiger partial charge in [-0.25, -0.2) is 0 Å². The molecule has 0 bridgehead atoms. The quantitative estimate of drug-likeness (QED) is 0.0192. The van der Waals surface area contributed by atoms with Crippen molar-refractivity contribution >= 4 is 5.97 Å². The molecule has 2 saturated heterocycles. The Hall–Kier alpha value is -2.83. The van der Waals surface area contributed by atoms with Gasteiger partial charge in [0.2, 0.25) is 0 Å². The van der Waals surface area contributed by atoms with Crippen molar-refractivity contribution in [1.82, 2.24) is 0 Å². The van der Waals surface area contributed by atoms with E-state index in [0.717, 1.165) is 109 Å². The third-order valence-electron chi connectivity index (χ3n) is 11.1. The number of allylic oxidation sites excluding steroid dienone is 14. The van der Waals surface area contributed by atoms with E-state index in [4.69, 9.17) is 28.4 Å². The van der Waals surface area contributed by atoms with Gasteiger partial charge in [0, 0.05) is 13.0 Å². The number of hydrogen-bond donors (Lipinski definition) is 7. The van der Waals surface area contributed by atoms with Gasteiger partial charge in [-0.15, -0.1) is 0 Å². The second-order valence-electron chi connectivity index (χ2n) is 16.9. The predicted octanol–water partition coefficient (Wildman–Crippen LogP) is 6.90. The van der Waals surface area contributed by atoms with Crippen LogP contribution in [0.5, 0.6) is 0 Å². The molecule has 2 aliphatic rings. The predicted molar refractivity (Wildman–Crippen MR) is 256 cm³/mol. The van der Waals surface area contributed by atoms with Crippen LogP contribution in [0.25, 0.3) is 0 Å². The molecule has 0 amide bonds. The molecule has 14 heteroatoms. The SMILES string of the molecule is CC/C=C\C/C=C\C/C=C\C/C=C\C/C=C\C/C=C\CCCCCOCC(COC1OC(COC2OC(CO)C(O)C(O)C2O)C(O)C(O)C1O)OC(=O)CCCCCCC/C=C\CCC. The smallest absolute Gasteiger partial charge is 0.306 e. The Labute approximate surface area is 395 Å². The van der Waals surface area contributed by atoms with Gasteiger partial charge in [0.1, 0.15) is 54.9 Å². The molecule has 2 fully saturated rings. The fourth-order valence-corrected chi connectivity index (χ4v) is 7.11. The second kappa shape index (κ2) is 39.1. The Morgan fingerprint density at radius 1 is 0.515 bits per heavy atom. The fraction of sp³-hybridized carbons (Fsp3) is 0.712. The molecule has 66 heavy (non-hydrogen) atoms. The van der Waals surface area contributed by atoms with E-state index in [2.05, 4.69) is 98.9 Å². The summed E-state index contributed by atoms with van der Waals surface area (Å²) in [6, 6.07) is 0. The van der Waals surface area contributed by atoms with Crippen molar-refractivity contribution in [3.63, 3.8) is 0 Å². The summed E-state index contributed by atoms with van der Waals surface area (Å²) in [7, 11) is 0. The van der Waals surface area contributed by atoms with Gasteiger partial charge in [-0.05, 0) is 83.5 Å². The summed E-state index contributed by atoms with van der Waals surface area (Å²) in [5, 5.41) is 72.0. The maximum atomic E-state index is 12.9. The van der Waals surface area contributed by atoms with Gasteiger partial charge >= 0.3 is 5.97 Å². The average Bonchev–Trinajstić information content (AvgIpc) is 3.31. The number of esters is 1. The minimum Gasteiger partial charge on any atom is -0.457 e. The van der Waals surface area contributed by atoms with E-state index >= 15 is 0 Å². The zero-order valence-corrected chi connectivity index (χ0v) is 39.9. The number of unbranched alkanes of at least 4 members (excludes halogenated alkanes) is 9. The third-order valence-corrected chi connectivity index (χ3v) is 11.1. The van der Waals surface area contributed by atoms with Crippen LogP contribution >= 0.6 is 0 Å². The van der Waals surface area contributed by atoms with Gasteiger partial charge < -0.3 is 64.2 Å². The summed E-state index contributed by atoms with van der Waals surface area (Å²) in [6.07, 6.45) is 32.3. The highest BCUT2D eigenvalue weighted by Gasteiger charge is 2.47. The zero-order valence-electron chi connectivity index (χ0n) is 39.9. The lowest BCUT2D eigenvalue weighted by atomic mass is 9.98. The van der Waals surface area contributed by atoms with Crippen LogP contribution in [0.4, 0.5) is 0 Å². The monoisotopic (exact) mass is 935 g/mol. The lowest BCUT2D eigenvalue weighted by molar-refractivity contribution is -0.332. The van der Waals surface area contributed by atoms with E-state index in [0.29, 0.717) is 13.0 Å². The van der Waals surface area contributed by atoms with E-state index in [9.17, 15) is 40.5 Å². The second-order valence-corrected chi connectivity index (χ2v) is 16.9. The molecule has 378 valence electrons. The molecule has 0 aliphatic carbocycles. The van der Waals surface area contributed by atoms with Crippen LogP contribution in [0.3, 0.4) is 0 Å². The Bertz CT molecular complexity index is 1410. The Morgan fingerprint density at radius 3 is 1.56 bits per heavy atom. The minimum absolute atomic E-state index is 0.0298. The molecule has 2 rings (SSSR count). The number of carbonyl (C=O) groups is 1. The molecule has 0 radical (unpaired) electrons. The molecule has 11 unspecified atom stereocenters. The molecule has 2 heterocycles. The highest BCUT2D eigenvalue weighted by molar-refractivity contribution is 5.69. The van der Waals surface area contributed by atoms with Crippen LogP contribution in [0.1, 0.15) is 136 Å². The van der Waals surface area contributed by atoms with Gasteiger partial charge in [0.05, 0.1) is 26.4 Å². The number of aliphatic hydroxyl groups is 7. The van der Waals surface area contributed by atoms with Crippen molar-refractivity contribution < 1.29 is 69.0 Å². The van der Waals surface area contributed by atoms with Crippen LogP contribution in [0.2, 0.25) is 0 Å². The minimum atomic E-state index is -1.72. The van der Waals surface area contributed by atoms with Crippen molar-refractivity contribution in [3.8, 4) is 0 Å². The molecule has 7 N–H and O–H groups in total. The molecule has 11 atom stereocenters. The van der Waals surface area contributed by atoms with Crippen LogP contribution in [0, 0.1) is 0 Å². The number of aliphatic hydroxyl groups excluding tert-OH is 7. The molecule has 14 nitrogen and oxygen atoms in total. The summed E-state index contributed by atoms with van der Waals surface area (Å²) >= 11 is 0. The zero-order chi connectivity index (χ0) is 48.0. The summed E-state index contributed by atoms with van der Waals surface area (Å²) < 4.78 is 34.1. The summed E-state index contributed by atoms with van der Waals surface area (Å²) in [5.41, 5.74) is 0. The van der Waals surface area contributed by atoms with E-state index in [1.807, 2.05) is 0 Å². The van der Waals surface area contributed by atoms with Crippen molar-refractivity contribution in [2.24, 2.45) is 0 Å². The number of rotatable bonds is 37. The Kier molecular flexibility index (Phi) is 35.1. The first-order valence-corrected chi connectivity index (χ1v) is 24.7. The first-order chi connectivity index (χ1) is 32.1. The Balaban J connectivity index is 1.77. The van der Waals surface area contributed by atoms with Gasteiger partial charge in [-0.3, -0.25) is 4.79 Å². The molecule has 2 aliphatic heterocycles. The Morgan fingerprint density at radius 2 is 0.985 bits per heavy atom. The molecule has 0 aromatic carbocycles. The number of carbonyl (C=O) groups excluding carboxylic acids is 1. The lowest BCUT2D eigenvalue weighted by Gasteiger charge is -2.42. The van der Waals surface area contributed by atoms with E-state index in [1.54, 1.807) is 0 Å². The van der Waals surface area contributed by atoms with Crippen LogP contribution in [0.15, 0.2) is 85.1 Å². The van der Waals surface area contributed by atoms with Crippen molar-refractivity contribution in [2.45, 2.75) is 203 Å². The summed E-state index contributed by atoms with van der Waals surface area (Å²) in [4.78, 5) is 12.9. The van der Waals surface area contributed by atoms with Crippen LogP contribution in [-0.4, -0.2) is 142 Å². The van der Waals surface area contributed by atoms with Crippen molar-refractivity contribution in [3.05, 3.63) is 85.1 Å². The van der Waals surface area contributed by atoms with Gasteiger partial charge in [0.15, 0.2) is 12.6 Å². The third kappa shape index (κ3) is 26.6. The van der Waals surface area contributed by atoms with E-state index in [1.165, 1.54) is 0 Å². The molecular formula is C52H86O14. The molecule has 0 saturated carbocycles. The highest BCUT2D eigenvalue weighted by Crippen LogP contribution is 2.26. The maximum absolute atomic E-state index is 12.9. The average molecular weight is 935 g/mol. The first-order valence-electron chi connectivity index (χ1n) is 24.7. The van der Waals surface area contributed by atoms with Crippen LogP contribution < -0.4 is 0 Å². The largest absolute Gasteiger partial charge is 0.457 e. The molecule has 0 aromatic rings. The lowest BCUT2D eigenvalue weighted by Crippen LogP contribution is -2.61. The van der Waals surface area contributed by atoms with Gasteiger partial charge in [-0.1, -0.05) is 131 Å². The first kappa shape index (κ1) is 59.3. The molecule has 0 aromatic heterocycles. The maximum Gasteiger partial charge on any atom is 0.306 e. The van der Waals surface area contributed by atoms with Crippen LogP contribution in [-0.2, 0) is 33.2 Å². The van der Waals surface area contributed by atoms with Crippen molar-refractivity contribution in [2.75, 3.05) is 33.0 Å². The van der Waals surface area contributed by atoms with Crippen molar-refractivity contribution in [1.29, 1.82) is 0 Å². The topological polar surface area (TPSA) is 214 Å². The normalized spacial score (nSPS) is 27.0. The van der Waals surface area contributed by atoms with Gasteiger partial charge in [-0.2, -0.15) is 0 Å². The van der Waals surface area contributed by atoms with E-state index < -0.39 is 86.7 Å². The van der Waals surface area contributed by atoms with Gasteiger partial charge in [0.25, 0.3) is 0 Å². The number of hydrogen-bond acceptors (Lipinski definition) is 14. The number of ether oxygens (including phenoxy) is 6. The highest BCUT2D eigenvalue weighted by atomic mass is 16.7. The molecule has 0 spiro atoms. The fourth-order valence-electron chi connectivity index (χ4n) is 7.11. The van der Waals surface area contributed by atoms with E-state index in [-0.39, 0.29) is 19.6 Å². The molecular weight excluding hydrogens is 849 g/mol.